The Kier molecular flexibility index (Phi) is 12.7. The van der Waals surface area contributed by atoms with E-state index in [9.17, 15) is 0 Å². The standard InChI is InChI=1S/C70H63N3/c1-68(2)63-46-67(73-47-64(63)69(3,4)70(68,5)6)57-38-39-61(62(45-57)54-36-34-53(35-37-54)52-16-8-7-9-17-52)60-19-11-10-18-59(60)58-43-50(24-22-48-26-30-55(31-27-48)65-20-12-14-40-71-65)42-51(44-58)25-23-49-28-32-56(33-29-49)66-21-13-15-41-72-66/h7-21,26-47H,22-25H2,1-6H3. The second-order valence-electron chi connectivity index (χ2n) is 21.6. The first kappa shape index (κ1) is 47.3. The maximum Gasteiger partial charge on any atom is 0.0705 e. The predicted molar refractivity (Wildman–Crippen MR) is 305 cm³/mol. The monoisotopic (exact) mass is 946 g/mol. The lowest BCUT2D eigenvalue weighted by Crippen LogP contribution is -2.42. The Balaban J connectivity index is 0.983. The molecule has 0 saturated heterocycles. The third kappa shape index (κ3) is 9.26. The van der Waals surface area contributed by atoms with E-state index in [-0.39, 0.29) is 16.2 Å². The fourth-order valence-corrected chi connectivity index (χ4v) is 11.2. The number of aromatic nitrogens is 3. The van der Waals surface area contributed by atoms with Crippen molar-refractivity contribution in [3.05, 3.63) is 258 Å². The lowest BCUT2D eigenvalue weighted by Gasteiger charge is -2.44. The van der Waals surface area contributed by atoms with Gasteiger partial charge < -0.3 is 0 Å². The van der Waals surface area contributed by atoms with Gasteiger partial charge in [0.25, 0.3) is 0 Å². The quantitative estimate of drug-likeness (QED) is 0.116. The number of nitrogens with zero attached hydrogens (tertiary/aromatic N) is 3. The molecular formula is C70H63N3. The van der Waals surface area contributed by atoms with Gasteiger partial charge in [0.15, 0.2) is 0 Å². The van der Waals surface area contributed by atoms with Gasteiger partial charge >= 0.3 is 0 Å². The summed E-state index contributed by atoms with van der Waals surface area (Å²) in [5.41, 5.74) is 24.1. The molecule has 0 spiro atoms. The number of aryl methyl sites for hydroxylation is 4. The number of benzene rings is 7. The lowest BCUT2D eigenvalue weighted by atomic mass is 9.59. The van der Waals surface area contributed by atoms with Gasteiger partial charge in [-0.1, -0.05) is 211 Å². The van der Waals surface area contributed by atoms with Crippen LogP contribution in [0.5, 0.6) is 0 Å². The number of hydrogen-bond acceptors (Lipinski definition) is 3. The molecule has 0 unspecified atom stereocenters. The highest BCUT2D eigenvalue weighted by molar-refractivity contribution is 5.94. The van der Waals surface area contributed by atoms with Gasteiger partial charge in [-0.25, -0.2) is 0 Å². The minimum absolute atomic E-state index is 0.00806. The summed E-state index contributed by atoms with van der Waals surface area (Å²) < 4.78 is 0. The van der Waals surface area contributed by atoms with E-state index in [1.807, 2.05) is 36.7 Å². The third-order valence-electron chi connectivity index (χ3n) is 16.8. The van der Waals surface area contributed by atoms with E-state index in [0.29, 0.717) is 0 Å². The predicted octanol–water partition coefficient (Wildman–Crippen LogP) is 17.7. The second kappa shape index (κ2) is 19.5. The Morgan fingerprint density at radius 2 is 0.753 bits per heavy atom. The molecule has 0 bridgehead atoms. The molecule has 10 aromatic rings. The highest BCUT2D eigenvalue weighted by Crippen LogP contribution is 2.61. The molecule has 0 radical (unpaired) electrons. The lowest BCUT2D eigenvalue weighted by molar-refractivity contribution is 0.125. The van der Waals surface area contributed by atoms with Gasteiger partial charge in [-0.3, -0.25) is 15.0 Å². The van der Waals surface area contributed by atoms with Gasteiger partial charge in [0, 0.05) is 35.3 Å². The average Bonchev–Trinajstić information content (AvgIpc) is 3.56. The summed E-state index contributed by atoms with van der Waals surface area (Å²) in [6.07, 6.45) is 9.62. The van der Waals surface area contributed by atoms with E-state index in [1.165, 1.54) is 77.9 Å². The first-order valence-electron chi connectivity index (χ1n) is 26.0. The molecule has 1 aliphatic carbocycles. The van der Waals surface area contributed by atoms with Gasteiger partial charge in [-0.15, -0.1) is 0 Å². The fraction of sp³-hybridized carbons (Fsp3) is 0.186. The van der Waals surface area contributed by atoms with Gasteiger partial charge in [0.05, 0.1) is 17.1 Å². The number of pyridine rings is 3. The minimum atomic E-state index is -0.0265. The van der Waals surface area contributed by atoms with Crippen LogP contribution in [-0.4, -0.2) is 15.0 Å². The van der Waals surface area contributed by atoms with Crippen molar-refractivity contribution in [2.45, 2.75) is 78.1 Å². The number of fused-ring (bicyclic) bond motifs is 1. The molecule has 3 aromatic heterocycles. The van der Waals surface area contributed by atoms with E-state index in [2.05, 4.69) is 240 Å². The molecule has 0 saturated carbocycles. The highest BCUT2D eigenvalue weighted by Gasteiger charge is 2.57. The van der Waals surface area contributed by atoms with E-state index in [1.54, 1.807) is 0 Å². The summed E-state index contributed by atoms with van der Waals surface area (Å²) in [5.74, 6) is 0. The molecule has 0 aliphatic heterocycles. The van der Waals surface area contributed by atoms with Crippen LogP contribution in [-0.2, 0) is 36.5 Å². The molecule has 0 N–H and O–H groups in total. The normalized spacial score (nSPS) is 14.2. The number of hydrogen-bond donors (Lipinski definition) is 0. The summed E-state index contributed by atoms with van der Waals surface area (Å²) in [4.78, 5) is 14.4. The molecule has 11 rings (SSSR count). The summed E-state index contributed by atoms with van der Waals surface area (Å²) in [7, 11) is 0. The molecule has 3 heterocycles. The fourth-order valence-electron chi connectivity index (χ4n) is 11.2. The first-order chi connectivity index (χ1) is 35.4. The summed E-state index contributed by atoms with van der Waals surface area (Å²) >= 11 is 0. The Morgan fingerprint density at radius 3 is 1.33 bits per heavy atom. The van der Waals surface area contributed by atoms with Crippen molar-refractivity contribution in [2.75, 3.05) is 0 Å². The maximum atomic E-state index is 5.23. The summed E-state index contributed by atoms with van der Waals surface area (Å²) in [6, 6.07) is 75.5. The summed E-state index contributed by atoms with van der Waals surface area (Å²) in [6.45, 7) is 14.4. The Morgan fingerprint density at radius 1 is 0.288 bits per heavy atom. The SMILES string of the molecule is CC1(C)c2cnc(-c3ccc(-c4ccccc4-c4cc(CCc5ccc(-c6ccccn6)cc5)cc(CCc5ccc(-c6ccccn6)cc5)c4)c(-c4ccc(-c5ccccc5)cc4)c3)cc2C(C)(C)C1(C)C. The molecule has 0 atom stereocenters. The van der Waals surface area contributed by atoms with Crippen LogP contribution < -0.4 is 0 Å². The Labute approximate surface area is 432 Å². The maximum absolute atomic E-state index is 5.23. The zero-order valence-electron chi connectivity index (χ0n) is 43.0. The van der Waals surface area contributed by atoms with Crippen LogP contribution in [0.3, 0.4) is 0 Å². The van der Waals surface area contributed by atoms with Crippen LogP contribution in [0.2, 0.25) is 0 Å². The molecule has 0 fully saturated rings. The van der Waals surface area contributed by atoms with Crippen molar-refractivity contribution in [1.82, 2.24) is 15.0 Å². The van der Waals surface area contributed by atoms with Crippen molar-refractivity contribution in [3.8, 4) is 78.3 Å². The summed E-state index contributed by atoms with van der Waals surface area (Å²) in [5, 5.41) is 0. The van der Waals surface area contributed by atoms with E-state index >= 15 is 0 Å². The van der Waals surface area contributed by atoms with Crippen molar-refractivity contribution in [3.63, 3.8) is 0 Å². The van der Waals surface area contributed by atoms with Crippen molar-refractivity contribution in [1.29, 1.82) is 0 Å². The minimum Gasteiger partial charge on any atom is -0.256 e. The molecule has 3 heteroatoms. The average molecular weight is 946 g/mol. The number of rotatable bonds is 13. The highest BCUT2D eigenvalue weighted by atomic mass is 14.7. The van der Waals surface area contributed by atoms with Crippen LogP contribution in [0, 0.1) is 5.41 Å². The van der Waals surface area contributed by atoms with E-state index in [0.717, 1.165) is 59.5 Å². The van der Waals surface area contributed by atoms with E-state index < -0.39 is 0 Å². The van der Waals surface area contributed by atoms with Gasteiger partial charge in [-0.2, -0.15) is 0 Å². The van der Waals surface area contributed by atoms with Crippen LogP contribution in [0.4, 0.5) is 0 Å². The van der Waals surface area contributed by atoms with Crippen LogP contribution in [0.15, 0.2) is 225 Å². The Hall–Kier alpha value is -8.01. The van der Waals surface area contributed by atoms with Crippen LogP contribution in [0.25, 0.3) is 78.3 Å². The third-order valence-corrected chi connectivity index (χ3v) is 16.8. The molecule has 73 heavy (non-hydrogen) atoms. The molecular weight excluding hydrogens is 883 g/mol. The molecule has 0 amide bonds. The Bertz CT molecular complexity index is 3430. The molecule has 358 valence electrons. The zero-order chi connectivity index (χ0) is 50.2. The van der Waals surface area contributed by atoms with E-state index in [4.69, 9.17) is 4.98 Å². The molecule has 7 aromatic carbocycles. The molecule has 3 nitrogen and oxygen atoms in total. The van der Waals surface area contributed by atoms with Crippen molar-refractivity contribution >= 4 is 0 Å². The molecule has 1 aliphatic rings. The van der Waals surface area contributed by atoms with Gasteiger partial charge in [0.2, 0.25) is 0 Å². The van der Waals surface area contributed by atoms with Gasteiger partial charge in [0.1, 0.15) is 0 Å². The largest absolute Gasteiger partial charge is 0.256 e. The van der Waals surface area contributed by atoms with Crippen LogP contribution >= 0.6 is 0 Å². The topological polar surface area (TPSA) is 38.7 Å². The first-order valence-corrected chi connectivity index (χ1v) is 26.0. The van der Waals surface area contributed by atoms with Crippen LogP contribution in [0.1, 0.15) is 74.9 Å². The second-order valence-corrected chi connectivity index (χ2v) is 21.6. The van der Waals surface area contributed by atoms with Gasteiger partial charge in [-0.05, 0) is 156 Å². The van der Waals surface area contributed by atoms with Crippen molar-refractivity contribution < 1.29 is 0 Å². The zero-order valence-corrected chi connectivity index (χ0v) is 43.0. The smallest absolute Gasteiger partial charge is 0.0705 e. The van der Waals surface area contributed by atoms with Crippen molar-refractivity contribution in [2.24, 2.45) is 5.41 Å².